The smallest absolute Gasteiger partial charge is 0.104 e. The number of nitrogens with two attached hydrogens (primary N) is 1. The highest BCUT2D eigenvalue weighted by Gasteiger charge is 2.13. The SMILES string of the molecule is CCCCCCn1nnc(CN)c1-c1cccnc1. The lowest BCUT2D eigenvalue weighted by Gasteiger charge is -2.07. The van der Waals surface area contributed by atoms with E-state index >= 15 is 0 Å². The molecule has 2 rings (SSSR count). The minimum Gasteiger partial charge on any atom is -0.325 e. The molecule has 0 spiro atoms. The molecule has 5 heteroatoms. The first-order valence-electron chi connectivity index (χ1n) is 6.89. The zero-order valence-electron chi connectivity index (χ0n) is 11.4. The van der Waals surface area contributed by atoms with Gasteiger partial charge in [-0.3, -0.25) is 4.98 Å². The fourth-order valence-electron chi connectivity index (χ4n) is 2.15. The molecule has 0 bridgehead atoms. The highest BCUT2D eigenvalue weighted by Crippen LogP contribution is 2.21. The van der Waals surface area contributed by atoms with E-state index in [0.29, 0.717) is 6.54 Å². The van der Waals surface area contributed by atoms with Gasteiger partial charge in [-0.25, -0.2) is 4.68 Å². The van der Waals surface area contributed by atoms with E-state index in [2.05, 4.69) is 22.2 Å². The minimum atomic E-state index is 0.402. The first-order valence-corrected chi connectivity index (χ1v) is 6.89. The Bertz CT molecular complexity index is 492. The van der Waals surface area contributed by atoms with Crippen LogP contribution in [0.1, 0.15) is 38.3 Å². The van der Waals surface area contributed by atoms with E-state index < -0.39 is 0 Å². The fourth-order valence-corrected chi connectivity index (χ4v) is 2.15. The van der Waals surface area contributed by atoms with Gasteiger partial charge in [0.15, 0.2) is 0 Å². The highest BCUT2D eigenvalue weighted by molar-refractivity contribution is 5.60. The normalized spacial score (nSPS) is 10.8. The van der Waals surface area contributed by atoms with Crippen LogP contribution in [0.3, 0.4) is 0 Å². The molecule has 2 aromatic rings. The third kappa shape index (κ3) is 3.38. The molecule has 0 atom stereocenters. The van der Waals surface area contributed by atoms with Crippen molar-refractivity contribution < 1.29 is 0 Å². The van der Waals surface area contributed by atoms with Gasteiger partial charge in [0.1, 0.15) is 5.69 Å². The van der Waals surface area contributed by atoms with Crippen molar-refractivity contribution in [1.29, 1.82) is 0 Å². The zero-order chi connectivity index (χ0) is 13.5. The molecule has 2 N–H and O–H groups in total. The summed E-state index contributed by atoms with van der Waals surface area (Å²) in [5.74, 6) is 0. The molecule has 2 aromatic heterocycles. The second-order valence-corrected chi connectivity index (χ2v) is 4.61. The van der Waals surface area contributed by atoms with Crippen LogP contribution in [0.5, 0.6) is 0 Å². The maximum atomic E-state index is 5.74. The van der Waals surface area contributed by atoms with Crippen LogP contribution in [0.15, 0.2) is 24.5 Å². The quantitative estimate of drug-likeness (QED) is 0.775. The van der Waals surface area contributed by atoms with E-state index in [1.807, 2.05) is 23.0 Å². The number of hydrogen-bond acceptors (Lipinski definition) is 4. The number of unbranched alkanes of at least 4 members (excludes halogenated alkanes) is 3. The van der Waals surface area contributed by atoms with Crippen LogP contribution >= 0.6 is 0 Å². The number of aryl methyl sites for hydroxylation is 1. The van der Waals surface area contributed by atoms with E-state index in [0.717, 1.165) is 29.9 Å². The summed E-state index contributed by atoms with van der Waals surface area (Å²) in [5.41, 5.74) is 8.62. The van der Waals surface area contributed by atoms with Gasteiger partial charge in [0.2, 0.25) is 0 Å². The summed E-state index contributed by atoms with van der Waals surface area (Å²) in [7, 11) is 0. The van der Waals surface area contributed by atoms with Crippen LogP contribution in [0.4, 0.5) is 0 Å². The first-order chi connectivity index (χ1) is 9.36. The topological polar surface area (TPSA) is 69.6 Å². The van der Waals surface area contributed by atoms with Crippen LogP contribution in [0, 0.1) is 0 Å². The third-order valence-corrected chi connectivity index (χ3v) is 3.16. The van der Waals surface area contributed by atoms with E-state index in [1.165, 1.54) is 19.3 Å². The molecule has 0 aliphatic heterocycles. The van der Waals surface area contributed by atoms with Crippen LogP contribution < -0.4 is 5.73 Å². The molecule has 0 saturated carbocycles. The lowest BCUT2D eigenvalue weighted by Crippen LogP contribution is -2.05. The molecule has 0 aliphatic rings. The van der Waals surface area contributed by atoms with Crippen molar-refractivity contribution in [3.8, 4) is 11.3 Å². The lowest BCUT2D eigenvalue weighted by atomic mass is 10.1. The summed E-state index contributed by atoms with van der Waals surface area (Å²) in [6.45, 7) is 3.50. The molecule has 0 amide bonds. The van der Waals surface area contributed by atoms with Crippen molar-refractivity contribution in [3.63, 3.8) is 0 Å². The van der Waals surface area contributed by atoms with Gasteiger partial charge in [0, 0.05) is 31.0 Å². The van der Waals surface area contributed by atoms with Crippen LogP contribution in [0.2, 0.25) is 0 Å². The molecule has 19 heavy (non-hydrogen) atoms. The van der Waals surface area contributed by atoms with Gasteiger partial charge in [0.25, 0.3) is 0 Å². The Labute approximate surface area is 113 Å². The molecule has 0 radical (unpaired) electrons. The number of nitrogens with zero attached hydrogens (tertiary/aromatic N) is 4. The van der Waals surface area contributed by atoms with Gasteiger partial charge in [-0.15, -0.1) is 5.10 Å². The predicted molar refractivity (Wildman–Crippen MR) is 75.3 cm³/mol. The summed E-state index contributed by atoms with van der Waals surface area (Å²) in [4.78, 5) is 4.16. The molecule has 0 aromatic carbocycles. The summed E-state index contributed by atoms with van der Waals surface area (Å²) >= 11 is 0. The summed E-state index contributed by atoms with van der Waals surface area (Å²) < 4.78 is 1.95. The van der Waals surface area contributed by atoms with Crippen molar-refractivity contribution in [2.75, 3.05) is 0 Å². The monoisotopic (exact) mass is 259 g/mol. The number of rotatable bonds is 7. The van der Waals surface area contributed by atoms with Gasteiger partial charge >= 0.3 is 0 Å². The Hall–Kier alpha value is -1.75. The fraction of sp³-hybridized carbons (Fsp3) is 0.500. The molecule has 2 heterocycles. The molecule has 5 nitrogen and oxygen atoms in total. The van der Waals surface area contributed by atoms with Crippen molar-refractivity contribution in [1.82, 2.24) is 20.0 Å². The summed E-state index contributed by atoms with van der Waals surface area (Å²) in [5, 5.41) is 8.39. The molecular weight excluding hydrogens is 238 g/mol. The van der Waals surface area contributed by atoms with Crippen molar-refractivity contribution >= 4 is 0 Å². The molecule has 0 aliphatic carbocycles. The van der Waals surface area contributed by atoms with Gasteiger partial charge in [0.05, 0.1) is 5.69 Å². The van der Waals surface area contributed by atoms with Crippen molar-refractivity contribution in [2.45, 2.75) is 45.7 Å². The van der Waals surface area contributed by atoms with Crippen LogP contribution in [0.25, 0.3) is 11.3 Å². The molecule has 102 valence electrons. The standard InChI is InChI=1S/C14H21N5/c1-2-3-4-5-9-19-14(13(10-15)17-18-19)12-7-6-8-16-11-12/h6-8,11H,2-5,9-10,15H2,1H3. The maximum absolute atomic E-state index is 5.74. The summed E-state index contributed by atoms with van der Waals surface area (Å²) in [6.07, 6.45) is 8.44. The molecular formula is C14H21N5. The number of pyridine rings is 1. The highest BCUT2D eigenvalue weighted by atomic mass is 15.4. The van der Waals surface area contributed by atoms with Gasteiger partial charge in [-0.2, -0.15) is 0 Å². The average Bonchev–Trinajstić information content (AvgIpc) is 2.87. The van der Waals surface area contributed by atoms with Gasteiger partial charge < -0.3 is 5.73 Å². The maximum Gasteiger partial charge on any atom is 0.104 e. The van der Waals surface area contributed by atoms with E-state index in [4.69, 9.17) is 5.73 Å². The Morgan fingerprint density at radius 3 is 2.84 bits per heavy atom. The largest absolute Gasteiger partial charge is 0.325 e. The Kier molecular flexibility index (Phi) is 5.03. The zero-order valence-corrected chi connectivity index (χ0v) is 11.4. The Morgan fingerprint density at radius 2 is 2.16 bits per heavy atom. The predicted octanol–water partition coefficient (Wildman–Crippen LogP) is 2.38. The third-order valence-electron chi connectivity index (χ3n) is 3.16. The first kappa shape index (κ1) is 13.7. The van der Waals surface area contributed by atoms with Crippen molar-refractivity contribution in [3.05, 3.63) is 30.2 Å². The Morgan fingerprint density at radius 1 is 1.26 bits per heavy atom. The average molecular weight is 259 g/mol. The number of hydrogen-bond donors (Lipinski definition) is 1. The summed E-state index contributed by atoms with van der Waals surface area (Å²) in [6, 6.07) is 3.94. The van der Waals surface area contributed by atoms with E-state index in [-0.39, 0.29) is 0 Å². The molecule has 0 unspecified atom stereocenters. The minimum absolute atomic E-state index is 0.402. The van der Waals surface area contributed by atoms with E-state index in [9.17, 15) is 0 Å². The van der Waals surface area contributed by atoms with Crippen molar-refractivity contribution in [2.24, 2.45) is 5.73 Å². The van der Waals surface area contributed by atoms with Crippen LogP contribution in [-0.2, 0) is 13.1 Å². The van der Waals surface area contributed by atoms with E-state index in [1.54, 1.807) is 6.20 Å². The Balaban J connectivity index is 2.18. The number of aromatic nitrogens is 4. The molecule has 0 fully saturated rings. The van der Waals surface area contributed by atoms with Gasteiger partial charge in [-0.1, -0.05) is 31.4 Å². The van der Waals surface area contributed by atoms with Crippen LogP contribution in [-0.4, -0.2) is 20.0 Å². The second-order valence-electron chi connectivity index (χ2n) is 4.61. The lowest BCUT2D eigenvalue weighted by molar-refractivity contribution is 0.531. The molecule has 0 saturated heterocycles. The van der Waals surface area contributed by atoms with Gasteiger partial charge in [-0.05, 0) is 18.6 Å². The second kappa shape index (κ2) is 6.99.